The van der Waals surface area contributed by atoms with E-state index in [-0.39, 0.29) is 24.8 Å². The predicted octanol–water partition coefficient (Wildman–Crippen LogP) is 4.43. The monoisotopic (exact) mass is 559 g/mol. The zero-order chi connectivity index (χ0) is 27.9. The van der Waals surface area contributed by atoms with Crippen molar-refractivity contribution in [2.45, 2.75) is 24.4 Å². The highest BCUT2D eigenvalue weighted by Crippen LogP contribution is 2.33. The second kappa shape index (κ2) is 10.2. The molecule has 0 aliphatic carbocycles. The minimum Gasteiger partial charge on any atom is -0.443 e. The van der Waals surface area contributed by atoms with E-state index in [2.05, 4.69) is 20.2 Å². The highest BCUT2D eigenvalue weighted by molar-refractivity contribution is 7.90. The Morgan fingerprint density at radius 2 is 1.88 bits per heavy atom. The highest BCUT2D eigenvalue weighted by Gasteiger charge is 2.23. The average molecular weight is 560 g/mol. The van der Waals surface area contributed by atoms with Crippen LogP contribution in [0.3, 0.4) is 0 Å². The number of nitrogens with one attached hydrogen (secondary N) is 1. The lowest BCUT2D eigenvalue weighted by molar-refractivity contribution is -0.121. The van der Waals surface area contributed by atoms with Gasteiger partial charge in [-0.25, -0.2) is 17.8 Å². The SMILES string of the molecule is CS(=O)(=O)c1ccc(-c2ccc(CNC(=O)Cn3c(-c4ncco4)cc4cc(F)ccc43)nc2)cc1N1CCC1. The first-order valence-corrected chi connectivity index (χ1v) is 14.6. The lowest BCUT2D eigenvalue weighted by Crippen LogP contribution is -2.37. The summed E-state index contributed by atoms with van der Waals surface area (Å²) in [4.78, 5) is 24.0. The topological polar surface area (TPSA) is 110 Å². The molecule has 5 aromatic rings. The van der Waals surface area contributed by atoms with Crippen LogP contribution in [-0.4, -0.2) is 48.2 Å². The van der Waals surface area contributed by atoms with Crippen LogP contribution in [0.5, 0.6) is 0 Å². The maximum absolute atomic E-state index is 13.8. The normalized spacial score (nSPS) is 13.4. The van der Waals surface area contributed by atoms with Crippen molar-refractivity contribution in [2.75, 3.05) is 24.2 Å². The molecule has 1 aliphatic rings. The van der Waals surface area contributed by atoms with Gasteiger partial charge in [-0.05, 0) is 54.4 Å². The summed E-state index contributed by atoms with van der Waals surface area (Å²) in [5.41, 5.74) is 4.35. The number of fused-ring (bicyclic) bond motifs is 1. The van der Waals surface area contributed by atoms with Crippen LogP contribution in [0, 0.1) is 5.82 Å². The summed E-state index contributed by atoms with van der Waals surface area (Å²) in [5.74, 6) is -0.287. The molecule has 2 aromatic carbocycles. The molecule has 1 saturated heterocycles. The number of rotatable bonds is 8. The second-order valence-electron chi connectivity index (χ2n) is 9.77. The minimum absolute atomic E-state index is 0.0170. The largest absolute Gasteiger partial charge is 0.443 e. The van der Waals surface area contributed by atoms with E-state index in [4.69, 9.17) is 4.42 Å². The van der Waals surface area contributed by atoms with E-state index in [1.165, 1.54) is 30.8 Å². The van der Waals surface area contributed by atoms with Crippen LogP contribution in [0.1, 0.15) is 12.1 Å². The van der Waals surface area contributed by atoms with Gasteiger partial charge in [-0.3, -0.25) is 9.78 Å². The number of nitrogens with zero attached hydrogens (tertiary/aromatic N) is 4. The number of sulfone groups is 1. The summed E-state index contributed by atoms with van der Waals surface area (Å²) >= 11 is 0. The molecule has 0 bridgehead atoms. The van der Waals surface area contributed by atoms with Crippen molar-refractivity contribution < 1.29 is 22.0 Å². The van der Waals surface area contributed by atoms with Crippen molar-refractivity contribution in [3.8, 4) is 22.7 Å². The molecule has 1 amide bonds. The third kappa shape index (κ3) is 5.07. The molecule has 6 rings (SSSR count). The zero-order valence-corrected chi connectivity index (χ0v) is 22.5. The molecule has 0 atom stereocenters. The quantitative estimate of drug-likeness (QED) is 0.300. The number of hydrogen-bond acceptors (Lipinski definition) is 7. The smallest absolute Gasteiger partial charge is 0.243 e. The fourth-order valence-corrected chi connectivity index (χ4v) is 5.73. The molecule has 0 saturated carbocycles. The number of anilines is 1. The van der Waals surface area contributed by atoms with E-state index in [0.717, 1.165) is 30.6 Å². The van der Waals surface area contributed by atoms with Gasteiger partial charge in [0.2, 0.25) is 11.8 Å². The van der Waals surface area contributed by atoms with Crippen molar-refractivity contribution in [3.63, 3.8) is 0 Å². The molecule has 1 aliphatic heterocycles. The van der Waals surface area contributed by atoms with E-state index >= 15 is 0 Å². The molecule has 1 N–H and O–H groups in total. The maximum atomic E-state index is 13.8. The van der Waals surface area contributed by atoms with Crippen molar-refractivity contribution in [1.29, 1.82) is 0 Å². The van der Waals surface area contributed by atoms with E-state index in [9.17, 15) is 17.6 Å². The lowest BCUT2D eigenvalue weighted by atomic mass is 10.0. The average Bonchev–Trinajstić information content (AvgIpc) is 3.54. The molecule has 11 heteroatoms. The van der Waals surface area contributed by atoms with E-state index in [1.807, 2.05) is 18.2 Å². The molecular weight excluding hydrogens is 533 g/mol. The number of pyridine rings is 1. The van der Waals surface area contributed by atoms with E-state index < -0.39 is 9.84 Å². The molecule has 1 fully saturated rings. The standard InChI is InChI=1S/C29H26FN5O4S/c1-40(37,38)27-8-4-19(14-25(27)34-10-2-11-34)20-3-6-23(32-16-20)17-33-28(36)18-35-24-7-5-22(30)13-21(24)15-26(35)29-31-9-12-39-29/h3-9,12-16H,2,10-11,17-18H2,1H3,(H,33,36). The van der Waals surface area contributed by atoms with E-state index in [0.29, 0.717) is 38.8 Å². The Kier molecular flexibility index (Phi) is 6.59. The van der Waals surface area contributed by atoms with Crippen molar-refractivity contribution in [1.82, 2.24) is 19.9 Å². The fraction of sp³-hybridized carbons (Fsp3) is 0.207. The predicted molar refractivity (Wildman–Crippen MR) is 149 cm³/mol. The molecule has 0 spiro atoms. The van der Waals surface area contributed by atoms with Crippen LogP contribution in [-0.2, 0) is 27.7 Å². The number of aromatic nitrogens is 3. The zero-order valence-electron chi connectivity index (χ0n) is 21.7. The van der Waals surface area contributed by atoms with Crippen molar-refractivity contribution in [2.24, 2.45) is 0 Å². The molecule has 204 valence electrons. The molecule has 9 nitrogen and oxygen atoms in total. The van der Waals surface area contributed by atoms with Crippen LogP contribution in [0.4, 0.5) is 10.1 Å². The molecule has 0 unspecified atom stereocenters. The van der Waals surface area contributed by atoms with Crippen LogP contribution in [0.25, 0.3) is 33.6 Å². The van der Waals surface area contributed by atoms with Crippen LogP contribution >= 0.6 is 0 Å². The van der Waals surface area contributed by atoms with Gasteiger partial charge in [0.1, 0.15) is 24.3 Å². The molecule has 3 aromatic heterocycles. The summed E-state index contributed by atoms with van der Waals surface area (Å²) in [5, 5.41) is 3.53. The van der Waals surface area contributed by atoms with Gasteiger partial charge in [-0.2, -0.15) is 0 Å². The molecule has 4 heterocycles. The summed E-state index contributed by atoms with van der Waals surface area (Å²) in [6.45, 7) is 1.86. The third-order valence-corrected chi connectivity index (χ3v) is 8.14. The van der Waals surface area contributed by atoms with Crippen LogP contribution in [0.2, 0.25) is 0 Å². The van der Waals surface area contributed by atoms with Gasteiger partial charge >= 0.3 is 0 Å². The summed E-state index contributed by atoms with van der Waals surface area (Å²) in [7, 11) is -3.35. The number of halogens is 1. The second-order valence-corrected chi connectivity index (χ2v) is 11.8. The molecular formula is C29H26FN5O4S. The van der Waals surface area contributed by atoms with Crippen molar-refractivity contribution >= 4 is 32.3 Å². The van der Waals surface area contributed by atoms with Gasteiger partial charge in [0.05, 0.1) is 29.0 Å². The Hall–Kier alpha value is -4.51. The van der Waals surface area contributed by atoms with Gasteiger partial charge in [0.15, 0.2) is 9.84 Å². The Balaban J connectivity index is 1.17. The first kappa shape index (κ1) is 25.8. The Bertz CT molecular complexity index is 1810. The van der Waals surface area contributed by atoms with Crippen LogP contribution in [0.15, 0.2) is 82.6 Å². The summed E-state index contributed by atoms with van der Waals surface area (Å²) in [6, 6.07) is 15.2. The molecule has 40 heavy (non-hydrogen) atoms. The minimum atomic E-state index is -3.35. The fourth-order valence-electron chi connectivity index (χ4n) is 4.84. The van der Waals surface area contributed by atoms with E-state index in [1.54, 1.807) is 35.0 Å². The van der Waals surface area contributed by atoms with Gasteiger partial charge in [-0.1, -0.05) is 12.1 Å². The maximum Gasteiger partial charge on any atom is 0.243 e. The number of carbonyl (C=O) groups excluding carboxylic acids is 1. The Labute approximate surface area is 230 Å². The van der Waals surface area contributed by atoms with Gasteiger partial charge in [0.25, 0.3) is 0 Å². The number of hydrogen-bond donors (Lipinski definition) is 1. The number of carbonyl (C=O) groups is 1. The highest BCUT2D eigenvalue weighted by atomic mass is 32.2. The molecule has 0 radical (unpaired) electrons. The van der Waals surface area contributed by atoms with Gasteiger partial charge < -0.3 is 19.2 Å². The van der Waals surface area contributed by atoms with Crippen molar-refractivity contribution in [3.05, 3.63) is 84.8 Å². The Morgan fingerprint density at radius 1 is 1.05 bits per heavy atom. The van der Waals surface area contributed by atoms with Crippen LogP contribution < -0.4 is 10.2 Å². The lowest BCUT2D eigenvalue weighted by Gasteiger charge is -2.34. The number of oxazole rings is 1. The number of amides is 1. The summed E-state index contributed by atoms with van der Waals surface area (Å²) in [6.07, 6.45) is 6.93. The Morgan fingerprint density at radius 3 is 2.55 bits per heavy atom. The summed E-state index contributed by atoms with van der Waals surface area (Å²) < 4.78 is 45.5. The van der Waals surface area contributed by atoms with Gasteiger partial charge in [0, 0.05) is 42.0 Å². The number of benzene rings is 2. The van der Waals surface area contributed by atoms with Gasteiger partial charge in [-0.15, -0.1) is 0 Å². The first-order chi connectivity index (χ1) is 19.3. The first-order valence-electron chi connectivity index (χ1n) is 12.8. The third-order valence-electron chi connectivity index (χ3n) is 7.00.